The molecule has 0 bridgehead atoms. The molecule has 1 N–H and O–H groups in total. The molecule has 0 atom stereocenters. The summed E-state index contributed by atoms with van der Waals surface area (Å²) in [6.45, 7) is 10.1. The Balaban J connectivity index is 1.83. The van der Waals surface area contributed by atoms with Crippen molar-refractivity contribution in [2.45, 2.75) is 40.5 Å². The topological polar surface area (TPSA) is 49.4 Å². The molecule has 1 heterocycles. The number of nitrogens with one attached hydrogen (secondary N) is 1. The van der Waals surface area contributed by atoms with E-state index < -0.39 is 0 Å². The van der Waals surface area contributed by atoms with Gasteiger partial charge in [-0.05, 0) is 79.3 Å². The number of benzene rings is 3. The van der Waals surface area contributed by atoms with Gasteiger partial charge in [0.1, 0.15) is 5.70 Å². The lowest BCUT2D eigenvalue weighted by Crippen LogP contribution is -2.32. The predicted molar refractivity (Wildman–Crippen MR) is 136 cm³/mol. The summed E-state index contributed by atoms with van der Waals surface area (Å²) in [5.41, 5.74) is 6.74. The Morgan fingerprint density at radius 3 is 2.12 bits per heavy atom. The number of aryl methyl sites for hydroxylation is 3. The SMILES string of the molecule is Cc1ccc(C2=C(Nc3ccc(Cl)cc3C)C(=O)N(c3ccc(C(C)C)cc3)C2=O)c(C)c1. The number of carbonyl (C=O) groups is 2. The van der Waals surface area contributed by atoms with E-state index in [9.17, 15) is 9.59 Å². The average molecular weight is 459 g/mol. The molecule has 168 valence electrons. The largest absolute Gasteiger partial charge is 0.350 e. The maximum atomic E-state index is 13.7. The van der Waals surface area contributed by atoms with Crippen LogP contribution in [0.25, 0.3) is 5.57 Å². The molecule has 1 aliphatic heterocycles. The van der Waals surface area contributed by atoms with Crippen molar-refractivity contribution < 1.29 is 9.59 Å². The number of amides is 2. The van der Waals surface area contributed by atoms with Gasteiger partial charge in [0.25, 0.3) is 11.8 Å². The fraction of sp³-hybridized carbons (Fsp3) is 0.214. The van der Waals surface area contributed by atoms with Gasteiger partial charge in [-0.1, -0.05) is 61.3 Å². The Kier molecular flexibility index (Phi) is 6.13. The zero-order chi connectivity index (χ0) is 23.9. The van der Waals surface area contributed by atoms with Gasteiger partial charge in [-0.25, -0.2) is 4.90 Å². The summed E-state index contributed by atoms with van der Waals surface area (Å²) in [5, 5.41) is 3.86. The Morgan fingerprint density at radius 1 is 0.818 bits per heavy atom. The summed E-state index contributed by atoms with van der Waals surface area (Å²) < 4.78 is 0. The summed E-state index contributed by atoms with van der Waals surface area (Å²) in [7, 11) is 0. The van der Waals surface area contributed by atoms with Gasteiger partial charge in [0.2, 0.25) is 0 Å². The van der Waals surface area contributed by atoms with Crippen LogP contribution < -0.4 is 10.2 Å². The monoisotopic (exact) mass is 458 g/mol. The van der Waals surface area contributed by atoms with Crippen molar-refractivity contribution in [3.63, 3.8) is 0 Å². The number of nitrogens with zero attached hydrogens (tertiary/aromatic N) is 1. The summed E-state index contributed by atoms with van der Waals surface area (Å²) in [4.78, 5) is 28.6. The molecule has 3 aromatic rings. The van der Waals surface area contributed by atoms with Gasteiger partial charge < -0.3 is 5.32 Å². The van der Waals surface area contributed by atoms with E-state index in [1.54, 1.807) is 6.07 Å². The Hall–Kier alpha value is -3.37. The molecule has 0 unspecified atom stereocenters. The number of hydrogen-bond donors (Lipinski definition) is 1. The van der Waals surface area contributed by atoms with Gasteiger partial charge in [0.05, 0.1) is 11.3 Å². The van der Waals surface area contributed by atoms with Crippen LogP contribution in [0.3, 0.4) is 0 Å². The molecule has 0 spiro atoms. The van der Waals surface area contributed by atoms with Crippen molar-refractivity contribution in [2.24, 2.45) is 0 Å². The first kappa shape index (κ1) is 22.8. The molecule has 4 nitrogen and oxygen atoms in total. The lowest BCUT2D eigenvalue weighted by atomic mass is 9.97. The van der Waals surface area contributed by atoms with Crippen molar-refractivity contribution in [3.05, 3.63) is 99.2 Å². The van der Waals surface area contributed by atoms with Gasteiger partial charge in [-0.2, -0.15) is 0 Å². The maximum absolute atomic E-state index is 13.7. The van der Waals surface area contributed by atoms with Crippen LogP contribution in [0.1, 0.15) is 47.6 Å². The summed E-state index contributed by atoms with van der Waals surface area (Å²) in [6.07, 6.45) is 0. The van der Waals surface area contributed by atoms with Crippen molar-refractivity contribution in [2.75, 3.05) is 10.2 Å². The predicted octanol–water partition coefficient (Wildman–Crippen LogP) is 6.79. The lowest BCUT2D eigenvalue weighted by molar-refractivity contribution is -0.120. The van der Waals surface area contributed by atoms with E-state index >= 15 is 0 Å². The van der Waals surface area contributed by atoms with E-state index in [2.05, 4.69) is 19.2 Å². The minimum absolute atomic E-state index is 0.269. The third kappa shape index (κ3) is 4.31. The molecular formula is C28H27ClN2O2. The molecule has 0 aliphatic carbocycles. The second-order valence-electron chi connectivity index (χ2n) is 8.84. The van der Waals surface area contributed by atoms with E-state index in [-0.39, 0.29) is 17.5 Å². The number of rotatable bonds is 5. The normalized spacial score (nSPS) is 14.0. The second kappa shape index (κ2) is 8.87. The molecule has 3 aromatic carbocycles. The van der Waals surface area contributed by atoms with Crippen molar-refractivity contribution in [3.8, 4) is 0 Å². The molecule has 0 fully saturated rings. The Labute approximate surface area is 199 Å². The van der Waals surface area contributed by atoms with Crippen molar-refractivity contribution >= 4 is 40.4 Å². The van der Waals surface area contributed by atoms with Crippen LogP contribution in [-0.4, -0.2) is 11.8 Å². The second-order valence-corrected chi connectivity index (χ2v) is 9.28. The van der Waals surface area contributed by atoms with Gasteiger partial charge in [0, 0.05) is 10.7 Å². The van der Waals surface area contributed by atoms with Gasteiger partial charge in [0.15, 0.2) is 0 Å². The minimum atomic E-state index is -0.373. The van der Waals surface area contributed by atoms with Crippen LogP contribution in [0, 0.1) is 20.8 Å². The molecule has 0 saturated carbocycles. The van der Waals surface area contributed by atoms with Gasteiger partial charge >= 0.3 is 0 Å². The minimum Gasteiger partial charge on any atom is -0.350 e. The van der Waals surface area contributed by atoms with Crippen LogP contribution >= 0.6 is 11.6 Å². The van der Waals surface area contributed by atoms with Gasteiger partial charge in [-0.3, -0.25) is 9.59 Å². The number of imide groups is 1. The smallest absolute Gasteiger partial charge is 0.282 e. The molecule has 4 rings (SSSR count). The molecule has 0 aromatic heterocycles. The quantitative estimate of drug-likeness (QED) is 0.428. The van der Waals surface area contributed by atoms with E-state index in [1.165, 1.54) is 4.90 Å². The van der Waals surface area contributed by atoms with Crippen LogP contribution in [-0.2, 0) is 9.59 Å². The highest BCUT2D eigenvalue weighted by Gasteiger charge is 2.40. The highest BCUT2D eigenvalue weighted by atomic mass is 35.5. The fourth-order valence-corrected chi connectivity index (χ4v) is 4.36. The standard InChI is InChI=1S/C28H27ClN2O2/c1-16(2)20-7-10-22(11-8-20)31-27(32)25(23-12-6-17(3)14-18(23)4)26(28(31)33)30-24-13-9-21(29)15-19(24)5/h6-16,30H,1-5H3. The zero-order valence-corrected chi connectivity index (χ0v) is 20.2. The van der Waals surface area contributed by atoms with Crippen LogP contribution in [0.5, 0.6) is 0 Å². The maximum Gasteiger partial charge on any atom is 0.282 e. The van der Waals surface area contributed by atoms with Crippen LogP contribution in [0.2, 0.25) is 5.02 Å². The van der Waals surface area contributed by atoms with Crippen LogP contribution in [0.15, 0.2) is 66.4 Å². The molecule has 5 heteroatoms. The fourth-order valence-electron chi connectivity index (χ4n) is 4.13. The zero-order valence-electron chi connectivity index (χ0n) is 19.5. The third-order valence-corrected chi connectivity index (χ3v) is 6.24. The molecule has 0 saturated heterocycles. The molecule has 33 heavy (non-hydrogen) atoms. The number of anilines is 2. The summed E-state index contributed by atoms with van der Waals surface area (Å²) in [6, 6.07) is 18.9. The first-order valence-electron chi connectivity index (χ1n) is 11.0. The first-order valence-corrected chi connectivity index (χ1v) is 11.4. The highest BCUT2D eigenvalue weighted by Crippen LogP contribution is 2.36. The van der Waals surface area contributed by atoms with Crippen LogP contribution in [0.4, 0.5) is 11.4 Å². The summed E-state index contributed by atoms with van der Waals surface area (Å²) >= 11 is 6.11. The summed E-state index contributed by atoms with van der Waals surface area (Å²) in [5.74, 6) is -0.349. The van der Waals surface area contributed by atoms with E-state index in [1.807, 2.05) is 75.4 Å². The molecular weight excluding hydrogens is 432 g/mol. The lowest BCUT2D eigenvalue weighted by Gasteiger charge is -2.17. The van der Waals surface area contributed by atoms with Gasteiger partial charge in [-0.15, -0.1) is 0 Å². The Bertz CT molecular complexity index is 1290. The van der Waals surface area contributed by atoms with E-state index in [0.29, 0.717) is 22.2 Å². The number of halogens is 1. The molecule has 1 aliphatic rings. The molecule has 2 amide bonds. The molecule has 0 radical (unpaired) electrons. The van der Waals surface area contributed by atoms with E-state index in [4.69, 9.17) is 11.6 Å². The van der Waals surface area contributed by atoms with E-state index in [0.717, 1.165) is 33.5 Å². The third-order valence-electron chi connectivity index (χ3n) is 6.00. The highest BCUT2D eigenvalue weighted by molar-refractivity contribution is 6.46. The average Bonchev–Trinajstić information content (AvgIpc) is 3.00. The first-order chi connectivity index (χ1) is 15.7. The number of hydrogen-bond acceptors (Lipinski definition) is 3. The van der Waals surface area contributed by atoms with Crippen molar-refractivity contribution in [1.82, 2.24) is 0 Å². The van der Waals surface area contributed by atoms with Crippen molar-refractivity contribution in [1.29, 1.82) is 0 Å². The Morgan fingerprint density at radius 2 is 1.52 bits per heavy atom. The number of carbonyl (C=O) groups excluding carboxylic acids is 2.